The summed E-state index contributed by atoms with van der Waals surface area (Å²) in [5.41, 5.74) is 2.79. The molecule has 0 bridgehead atoms. The SMILES string of the molecule is O=C(O)c1ccc2ccc3c(c2c1)CC=C3. The van der Waals surface area contributed by atoms with Gasteiger partial charge in [0, 0.05) is 0 Å². The van der Waals surface area contributed by atoms with E-state index in [2.05, 4.69) is 18.2 Å². The second-order valence-electron chi connectivity index (χ2n) is 3.98. The third-order valence-corrected chi connectivity index (χ3v) is 3.04. The molecule has 0 radical (unpaired) electrons. The highest BCUT2D eigenvalue weighted by molar-refractivity contribution is 5.97. The maximum atomic E-state index is 10.9. The van der Waals surface area contributed by atoms with Crippen molar-refractivity contribution in [3.05, 3.63) is 53.1 Å². The quantitative estimate of drug-likeness (QED) is 0.785. The van der Waals surface area contributed by atoms with E-state index in [-0.39, 0.29) is 0 Å². The number of benzene rings is 2. The monoisotopic (exact) mass is 210 g/mol. The Kier molecular flexibility index (Phi) is 1.83. The molecule has 0 aromatic heterocycles. The van der Waals surface area contributed by atoms with Gasteiger partial charge in [0.05, 0.1) is 5.56 Å². The molecule has 0 fully saturated rings. The van der Waals surface area contributed by atoms with Crippen molar-refractivity contribution < 1.29 is 9.90 Å². The first-order valence-corrected chi connectivity index (χ1v) is 5.21. The van der Waals surface area contributed by atoms with Crippen molar-refractivity contribution in [3.63, 3.8) is 0 Å². The Hall–Kier alpha value is -2.09. The van der Waals surface area contributed by atoms with Crippen LogP contribution in [0.4, 0.5) is 0 Å². The van der Waals surface area contributed by atoms with Crippen LogP contribution in [0.2, 0.25) is 0 Å². The van der Waals surface area contributed by atoms with Crippen LogP contribution in [0.3, 0.4) is 0 Å². The third kappa shape index (κ3) is 1.23. The number of aromatic carboxylic acids is 1. The van der Waals surface area contributed by atoms with Crippen LogP contribution in [0.5, 0.6) is 0 Å². The number of carboxylic acid groups (broad SMARTS) is 1. The lowest BCUT2D eigenvalue weighted by molar-refractivity contribution is 0.0697. The molecule has 0 unspecified atom stereocenters. The van der Waals surface area contributed by atoms with Crippen LogP contribution in [0.15, 0.2) is 36.4 Å². The first-order valence-electron chi connectivity index (χ1n) is 5.21. The fourth-order valence-corrected chi connectivity index (χ4v) is 2.22. The number of carboxylic acids is 1. The van der Waals surface area contributed by atoms with Crippen molar-refractivity contribution in [2.24, 2.45) is 0 Å². The minimum atomic E-state index is -0.870. The zero-order chi connectivity index (χ0) is 11.1. The molecule has 0 amide bonds. The summed E-state index contributed by atoms with van der Waals surface area (Å²) < 4.78 is 0. The molecule has 78 valence electrons. The minimum absolute atomic E-state index is 0.354. The van der Waals surface area contributed by atoms with E-state index in [1.165, 1.54) is 11.1 Å². The van der Waals surface area contributed by atoms with Crippen LogP contribution in [-0.4, -0.2) is 11.1 Å². The van der Waals surface area contributed by atoms with Crippen molar-refractivity contribution in [2.75, 3.05) is 0 Å². The summed E-state index contributed by atoms with van der Waals surface area (Å²) in [5.74, 6) is -0.870. The van der Waals surface area contributed by atoms with Gasteiger partial charge in [0.1, 0.15) is 0 Å². The van der Waals surface area contributed by atoms with E-state index in [0.29, 0.717) is 5.56 Å². The zero-order valence-electron chi connectivity index (χ0n) is 8.60. The predicted molar refractivity (Wildman–Crippen MR) is 63.6 cm³/mol. The van der Waals surface area contributed by atoms with Gasteiger partial charge in [-0.2, -0.15) is 0 Å². The molecule has 1 aliphatic rings. The molecule has 3 rings (SSSR count). The van der Waals surface area contributed by atoms with Gasteiger partial charge < -0.3 is 5.11 Å². The lowest BCUT2D eigenvalue weighted by Gasteiger charge is -2.06. The fraction of sp³-hybridized carbons (Fsp3) is 0.0714. The molecule has 1 aliphatic carbocycles. The molecule has 0 saturated carbocycles. The standard InChI is InChI=1S/C14H10O2/c15-14(16)11-7-6-10-5-4-9-2-1-3-12(9)13(10)8-11/h1-2,4-8H,3H2,(H,15,16). The van der Waals surface area contributed by atoms with Crippen LogP contribution in [-0.2, 0) is 6.42 Å². The molecule has 0 spiro atoms. The number of allylic oxidation sites excluding steroid dienone is 1. The van der Waals surface area contributed by atoms with Crippen LogP contribution >= 0.6 is 0 Å². The highest BCUT2D eigenvalue weighted by Crippen LogP contribution is 2.28. The Morgan fingerprint density at radius 2 is 2.00 bits per heavy atom. The molecule has 0 heterocycles. The van der Waals surface area contributed by atoms with Crippen molar-refractivity contribution in [3.8, 4) is 0 Å². The summed E-state index contributed by atoms with van der Waals surface area (Å²) in [7, 11) is 0. The molecular formula is C14H10O2. The van der Waals surface area contributed by atoms with Gasteiger partial charge in [-0.25, -0.2) is 4.79 Å². The van der Waals surface area contributed by atoms with E-state index in [1.807, 2.05) is 12.1 Å². The van der Waals surface area contributed by atoms with E-state index >= 15 is 0 Å². The number of hydrogen-bond donors (Lipinski definition) is 1. The Bertz CT molecular complexity index is 624. The molecule has 2 nitrogen and oxygen atoms in total. The largest absolute Gasteiger partial charge is 0.478 e. The summed E-state index contributed by atoms with van der Waals surface area (Å²) in [6.45, 7) is 0. The summed E-state index contributed by atoms with van der Waals surface area (Å²) in [6, 6.07) is 9.41. The average molecular weight is 210 g/mol. The van der Waals surface area contributed by atoms with Gasteiger partial charge in [0.25, 0.3) is 0 Å². The molecular weight excluding hydrogens is 200 g/mol. The Labute approximate surface area is 92.8 Å². The van der Waals surface area contributed by atoms with Crippen LogP contribution < -0.4 is 0 Å². The van der Waals surface area contributed by atoms with Crippen LogP contribution in [0.1, 0.15) is 21.5 Å². The van der Waals surface area contributed by atoms with Crippen molar-refractivity contribution in [1.82, 2.24) is 0 Å². The highest BCUT2D eigenvalue weighted by atomic mass is 16.4. The van der Waals surface area contributed by atoms with Gasteiger partial charge in [-0.1, -0.05) is 30.4 Å². The first kappa shape index (κ1) is 9.16. The topological polar surface area (TPSA) is 37.3 Å². The molecule has 0 saturated heterocycles. The van der Waals surface area contributed by atoms with Crippen LogP contribution in [0, 0.1) is 0 Å². The number of fused-ring (bicyclic) bond motifs is 3. The van der Waals surface area contributed by atoms with Gasteiger partial charge in [-0.05, 0) is 40.5 Å². The van der Waals surface area contributed by atoms with Gasteiger partial charge in [-0.3, -0.25) is 0 Å². The second kappa shape index (κ2) is 3.20. The average Bonchev–Trinajstić information content (AvgIpc) is 2.76. The summed E-state index contributed by atoms with van der Waals surface area (Å²) in [5, 5.41) is 11.1. The van der Waals surface area contributed by atoms with Crippen LogP contribution in [0.25, 0.3) is 16.8 Å². The summed E-state index contributed by atoms with van der Waals surface area (Å²) in [4.78, 5) is 10.9. The molecule has 2 aromatic rings. The van der Waals surface area contributed by atoms with E-state index in [1.54, 1.807) is 12.1 Å². The third-order valence-electron chi connectivity index (χ3n) is 3.04. The molecule has 0 aliphatic heterocycles. The summed E-state index contributed by atoms with van der Waals surface area (Å²) >= 11 is 0. The number of hydrogen-bond acceptors (Lipinski definition) is 1. The molecule has 0 atom stereocenters. The van der Waals surface area contributed by atoms with Crippen molar-refractivity contribution in [1.29, 1.82) is 0 Å². The zero-order valence-corrected chi connectivity index (χ0v) is 8.60. The van der Waals surface area contributed by atoms with E-state index in [4.69, 9.17) is 5.11 Å². The number of rotatable bonds is 1. The van der Waals surface area contributed by atoms with Gasteiger partial charge in [0.15, 0.2) is 0 Å². The fourth-order valence-electron chi connectivity index (χ4n) is 2.22. The number of carbonyl (C=O) groups is 1. The minimum Gasteiger partial charge on any atom is -0.478 e. The van der Waals surface area contributed by atoms with Gasteiger partial charge in [-0.15, -0.1) is 0 Å². The molecule has 16 heavy (non-hydrogen) atoms. The van der Waals surface area contributed by atoms with Crippen molar-refractivity contribution in [2.45, 2.75) is 6.42 Å². The molecule has 2 aromatic carbocycles. The van der Waals surface area contributed by atoms with Crippen molar-refractivity contribution >= 4 is 22.8 Å². The Balaban J connectivity index is 2.33. The lowest BCUT2D eigenvalue weighted by Crippen LogP contribution is -1.96. The predicted octanol–water partition coefficient (Wildman–Crippen LogP) is 3.11. The van der Waals surface area contributed by atoms with Gasteiger partial charge >= 0.3 is 5.97 Å². The normalized spacial score (nSPS) is 13.0. The van der Waals surface area contributed by atoms with Gasteiger partial charge in [0.2, 0.25) is 0 Å². The highest BCUT2D eigenvalue weighted by Gasteiger charge is 2.11. The Morgan fingerprint density at radius 1 is 1.19 bits per heavy atom. The second-order valence-corrected chi connectivity index (χ2v) is 3.98. The summed E-state index contributed by atoms with van der Waals surface area (Å²) in [6.07, 6.45) is 5.09. The maximum absolute atomic E-state index is 10.9. The molecule has 2 heteroatoms. The maximum Gasteiger partial charge on any atom is 0.335 e. The van der Waals surface area contributed by atoms with E-state index in [0.717, 1.165) is 17.2 Å². The Morgan fingerprint density at radius 3 is 2.81 bits per heavy atom. The van der Waals surface area contributed by atoms with E-state index < -0.39 is 5.97 Å². The first-order chi connectivity index (χ1) is 7.75. The molecule has 1 N–H and O–H groups in total. The van der Waals surface area contributed by atoms with E-state index in [9.17, 15) is 4.79 Å². The smallest absolute Gasteiger partial charge is 0.335 e. The lowest BCUT2D eigenvalue weighted by atomic mass is 9.98.